The molecule has 2 aliphatic carbocycles. The molecule has 2 atom stereocenters. The van der Waals surface area contributed by atoms with E-state index in [1.54, 1.807) is 0 Å². The fourth-order valence-corrected chi connectivity index (χ4v) is 15.5. The van der Waals surface area contributed by atoms with Crippen LogP contribution in [0.25, 0.3) is 0 Å². The molecule has 2 fully saturated rings. The standard InChI is InChI=1S/C16H30ClO4P/c1-7-22(8-2,9-3,21-17(18,19)20)16-11-10-14(12-16)13(4)15(16,5)6/h14H,4,7-12H2,1-3,5-6H3. The minimum absolute atomic E-state index is 0.185. The second-order valence-electron chi connectivity index (χ2n) is 7.64. The van der Waals surface area contributed by atoms with E-state index >= 15 is 0 Å². The van der Waals surface area contributed by atoms with Gasteiger partial charge in [0.1, 0.15) is 0 Å². The molecule has 0 aromatic rings. The first-order valence-electron chi connectivity index (χ1n) is 8.26. The van der Waals surface area contributed by atoms with Crippen LogP contribution in [0.4, 0.5) is 0 Å². The van der Waals surface area contributed by atoms with Gasteiger partial charge in [-0.1, -0.05) is 0 Å². The Morgan fingerprint density at radius 2 is 1.68 bits per heavy atom. The van der Waals surface area contributed by atoms with E-state index < -0.39 is 17.1 Å². The van der Waals surface area contributed by atoms with Crippen molar-refractivity contribution in [1.29, 1.82) is 0 Å². The summed E-state index contributed by atoms with van der Waals surface area (Å²) in [6.07, 6.45) is 4.82. The average molecular weight is 353 g/mol. The molecule has 2 aliphatic rings. The van der Waals surface area contributed by atoms with Gasteiger partial charge in [-0.15, -0.1) is 0 Å². The van der Waals surface area contributed by atoms with Crippen LogP contribution < -0.4 is 14.0 Å². The monoisotopic (exact) mass is 352 g/mol. The van der Waals surface area contributed by atoms with Crippen molar-refractivity contribution in [2.75, 3.05) is 18.5 Å². The van der Waals surface area contributed by atoms with Crippen LogP contribution in [0.5, 0.6) is 0 Å². The van der Waals surface area contributed by atoms with Crippen LogP contribution in [0.2, 0.25) is 0 Å². The summed E-state index contributed by atoms with van der Waals surface area (Å²) in [5, 5.41) is -0.233. The molecule has 2 unspecified atom stereocenters. The predicted molar refractivity (Wildman–Crippen MR) is 82.6 cm³/mol. The van der Waals surface area contributed by atoms with Crippen LogP contribution in [-0.2, 0) is 4.08 Å². The molecule has 6 heteroatoms. The topological polar surface area (TPSA) is 78.4 Å². The molecule has 0 aromatic heterocycles. The third kappa shape index (κ3) is 2.01. The summed E-state index contributed by atoms with van der Waals surface area (Å²) in [6.45, 7) is 11.4. The van der Waals surface area contributed by atoms with Crippen molar-refractivity contribution in [3.05, 3.63) is 12.2 Å². The van der Waals surface area contributed by atoms with Gasteiger partial charge in [0.15, 0.2) is 0 Å². The number of rotatable bonds is 6. The summed E-state index contributed by atoms with van der Waals surface area (Å²) in [7, 11) is -4.43. The van der Waals surface area contributed by atoms with Gasteiger partial charge >= 0.3 is 136 Å². The van der Waals surface area contributed by atoms with Crippen LogP contribution >= 0.6 is 6.83 Å². The van der Waals surface area contributed by atoms with Crippen LogP contribution in [0.1, 0.15) is 53.9 Å². The molecule has 0 amide bonds. The van der Waals surface area contributed by atoms with Gasteiger partial charge in [0.25, 0.3) is 0 Å². The van der Waals surface area contributed by atoms with Crippen molar-refractivity contribution in [2.24, 2.45) is 11.3 Å². The molecule has 2 rings (SSSR count). The predicted octanol–water partition coefficient (Wildman–Crippen LogP) is 1.56. The number of hydrogen-bond acceptors (Lipinski definition) is 4. The zero-order chi connectivity index (χ0) is 17.1. The Morgan fingerprint density at radius 3 is 2.00 bits per heavy atom. The second kappa shape index (κ2) is 5.15. The third-order valence-electron chi connectivity index (χ3n) is 7.50. The van der Waals surface area contributed by atoms with Gasteiger partial charge in [0.05, 0.1) is 0 Å². The van der Waals surface area contributed by atoms with Crippen LogP contribution in [0.15, 0.2) is 12.2 Å². The fourth-order valence-electron chi connectivity index (χ4n) is 5.93. The van der Waals surface area contributed by atoms with E-state index in [4.69, 9.17) is 4.08 Å². The average Bonchev–Trinajstić information content (AvgIpc) is 2.96. The van der Waals surface area contributed by atoms with E-state index in [0.29, 0.717) is 24.4 Å². The Labute approximate surface area is 136 Å². The molecular formula is C16H30ClO4P. The van der Waals surface area contributed by atoms with Crippen molar-refractivity contribution >= 4 is 6.83 Å². The van der Waals surface area contributed by atoms with E-state index in [1.807, 2.05) is 20.8 Å². The molecule has 0 aromatic carbocycles. The Kier molecular flexibility index (Phi) is 4.36. The molecule has 0 spiro atoms. The summed E-state index contributed by atoms with van der Waals surface area (Å²) < 4.78 is 40.6. The van der Waals surface area contributed by atoms with Crippen LogP contribution in [-0.4, -0.2) is 23.6 Å². The normalized spacial score (nSPS) is 33.0. The van der Waals surface area contributed by atoms with E-state index in [2.05, 4.69) is 20.4 Å². The van der Waals surface area contributed by atoms with Gasteiger partial charge in [0, 0.05) is 0 Å². The quantitative estimate of drug-likeness (QED) is 0.537. The van der Waals surface area contributed by atoms with Gasteiger partial charge in [-0.2, -0.15) is 0 Å². The Morgan fingerprint density at radius 1 is 1.18 bits per heavy atom. The van der Waals surface area contributed by atoms with Gasteiger partial charge < -0.3 is 0 Å². The van der Waals surface area contributed by atoms with Crippen molar-refractivity contribution in [1.82, 2.24) is 0 Å². The van der Waals surface area contributed by atoms with Gasteiger partial charge in [-0.25, -0.2) is 0 Å². The van der Waals surface area contributed by atoms with Crippen LogP contribution in [0.3, 0.4) is 0 Å². The number of halogens is 1. The molecule has 2 bridgehead atoms. The first-order chi connectivity index (χ1) is 9.94. The maximum atomic E-state index is 11.7. The molecule has 22 heavy (non-hydrogen) atoms. The summed E-state index contributed by atoms with van der Waals surface area (Å²) in [4.78, 5) is 0. The number of hydrogen-bond donors (Lipinski definition) is 0. The van der Waals surface area contributed by atoms with Crippen molar-refractivity contribution in [2.45, 2.75) is 59.0 Å². The maximum absolute atomic E-state index is 11.7. The van der Waals surface area contributed by atoms with E-state index in [-0.39, 0.29) is 10.6 Å². The number of allylic oxidation sites excluding steroid dienone is 1. The SMILES string of the molecule is C=C1C2CCC(P(CC)(CC)(CC)O[Cl+3]([O-])([O-])[O-])(C2)C1(C)C. The third-order valence-corrected chi connectivity index (χ3v) is 17.2. The van der Waals surface area contributed by atoms with Gasteiger partial charge in [0.2, 0.25) is 0 Å². The summed E-state index contributed by atoms with van der Waals surface area (Å²) in [6, 6.07) is 0. The van der Waals surface area contributed by atoms with Crippen molar-refractivity contribution in [3.63, 3.8) is 0 Å². The summed E-state index contributed by atoms with van der Waals surface area (Å²) in [5.74, 6) is 0.441. The molecule has 130 valence electrons. The first kappa shape index (κ1) is 18.6. The van der Waals surface area contributed by atoms with E-state index in [0.717, 1.165) is 19.3 Å². The zero-order valence-electron chi connectivity index (χ0n) is 14.5. The minimum atomic E-state index is -4.43. The molecule has 4 nitrogen and oxygen atoms in total. The Balaban J connectivity index is 2.72. The van der Waals surface area contributed by atoms with Gasteiger partial charge in [-0.3, -0.25) is 0 Å². The van der Waals surface area contributed by atoms with Crippen molar-refractivity contribution < 1.29 is 28.3 Å². The summed E-state index contributed by atoms with van der Waals surface area (Å²) in [5.41, 5.74) is 1.03. The first-order valence-corrected chi connectivity index (χ1v) is 12.2. The van der Waals surface area contributed by atoms with E-state index in [1.165, 1.54) is 5.57 Å². The van der Waals surface area contributed by atoms with E-state index in [9.17, 15) is 14.0 Å². The molecular weight excluding hydrogens is 323 g/mol. The molecule has 0 heterocycles. The molecule has 0 N–H and O–H groups in total. The zero-order valence-corrected chi connectivity index (χ0v) is 16.1. The van der Waals surface area contributed by atoms with Crippen LogP contribution in [0, 0.1) is 21.6 Å². The number of fused-ring (bicyclic) bond motifs is 2. The molecule has 0 saturated heterocycles. The van der Waals surface area contributed by atoms with Gasteiger partial charge in [-0.05, 0) is 0 Å². The Bertz CT molecular complexity index is 470. The second-order valence-corrected chi connectivity index (χ2v) is 14.9. The summed E-state index contributed by atoms with van der Waals surface area (Å²) >= 11 is 0. The van der Waals surface area contributed by atoms with Crippen molar-refractivity contribution in [3.8, 4) is 0 Å². The fraction of sp³-hybridized carbons (Fsp3) is 0.875. The molecule has 0 aliphatic heterocycles. The Hall–Kier alpha value is 0.300. The molecule has 0 radical (unpaired) electrons. The molecule has 2 saturated carbocycles.